The van der Waals surface area contributed by atoms with Gasteiger partial charge in [-0.15, -0.1) is 0 Å². The van der Waals surface area contributed by atoms with Crippen molar-refractivity contribution in [1.29, 1.82) is 0 Å². The second-order valence-corrected chi connectivity index (χ2v) is 9.82. The van der Waals surface area contributed by atoms with Crippen LogP contribution >= 0.6 is 0 Å². The van der Waals surface area contributed by atoms with Crippen LogP contribution in [-0.4, -0.2) is 35.6 Å². The molecule has 8 heteroatoms. The molecule has 1 amide bonds. The zero-order chi connectivity index (χ0) is 20.6. The molecule has 1 N–H and O–H groups in total. The van der Waals surface area contributed by atoms with Gasteiger partial charge in [-0.2, -0.15) is 5.10 Å². The summed E-state index contributed by atoms with van der Waals surface area (Å²) in [5.74, 6) is 0.596. The van der Waals surface area contributed by atoms with Gasteiger partial charge in [0.2, 0.25) is 0 Å². The molecule has 1 fully saturated rings. The van der Waals surface area contributed by atoms with Gasteiger partial charge < -0.3 is 9.73 Å². The molecule has 0 aliphatic carbocycles. The monoisotopic (exact) mass is 413 g/mol. The molecule has 4 rings (SSSR count). The van der Waals surface area contributed by atoms with Gasteiger partial charge in [-0.1, -0.05) is 32.0 Å². The lowest BCUT2D eigenvalue weighted by Gasteiger charge is -2.13. The van der Waals surface area contributed by atoms with E-state index < -0.39 is 9.84 Å². The maximum atomic E-state index is 12.9. The zero-order valence-electron chi connectivity index (χ0n) is 16.3. The van der Waals surface area contributed by atoms with Crippen LogP contribution in [0.25, 0.3) is 11.5 Å². The number of aromatic nitrogens is 2. The molecule has 1 aromatic carbocycles. The van der Waals surface area contributed by atoms with E-state index in [1.165, 1.54) is 6.26 Å². The highest BCUT2D eigenvalue weighted by atomic mass is 32.2. The molecule has 1 aliphatic rings. The second kappa shape index (κ2) is 7.51. The van der Waals surface area contributed by atoms with E-state index in [1.54, 1.807) is 22.9 Å². The van der Waals surface area contributed by atoms with Crippen LogP contribution in [0.5, 0.6) is 0 Å². The predicted octanol–water partition coefficient (Wildman–Crippen LogP) is 3.88. The number of amides is 1. The highest BCUT2D eigenvalue weighted by Gasteiger charge is 2.32. The van der Waals surface area contributed by atoms with Gasteiger partial charge in [0.1, 0.15) is 5.69 Å². The average molecular weight is 413 g/mol. The van der Waals surface area contributed by atoms with Gasteiger partial charge in [-0.25, -0.2) is 8.42 Å². The van der Waals surface area contributed by atoms with E-state index in [2.05, 4.69) is 24.3 Å². The standard InChI is InChI=1S/C21H23N3O4S/c1-14(2)16-6-3-4-7-17(16)22-21(25)18-12-19(20-8-5-10-28-20)24(23-18)15-9-11-29(26,27)13-15/h3-8,10,12,14-15H,9,11,13H2,1-2H3,(H,22,25). The third kappa shape index (κ3) is 3.98. The maximum absolute atomic E-state index is 12.9. The third-order valence-corrected chi connectivity index (χ3v) is 6.88. The molecular formula is C21H23N3O4S. The highest BCUT2D eigenvalue weighted by Crippen LogP contribution is 2.31. The Balaban J connectivity index is 1.68. The summed E-state index contributed by atoms with van der Waals surface area (Å²) in [6, 6.07) is 12.5. The van der Waals surface area contributed by atoms with Crippen LogP contribution in [-0.2, 0) is 9.84 Å². The number of nitrogens with zero attached hydrogens (tertiary/aromatic N) is 2. The van der Waals surface area contributed by atoms with Crippen molar-refractivity contribution in [3.05, 3.63) is 60.0 Å². The summed E-state index contributed by atoms with van der Waals surface area (Å²) in [6.45, 7) is 4.13. The molecule has 0 spiro atoms. The van der Waals surface area contributed by atoms with Gasteiger partial charge in [-0.05, 0) is 36.1 Å². The highest BCUT2D eigenvalue weighted by molar-refractivity contribution is 7.91. The molecule has 0 bridgehead atoms. The quantitative estimate of drug-likeness (QED) is 0.685. The van der Waals surface area contributed by atoms with Crippen LogP contribution in [0.3, 0.4) is 0 Å². The third-order valence-electron chi connectivity index (χ3n) is 5.13. The Kier molecular flexibility index (Phi) is 5.04. The first kappa shape index (κ1) is 19.4. The van der Waals surface area contributed by atoms with Crippen molar-refractivity contribution < 1.29 is 17.6 Å². The molecule has 0 radical (unpaired) electrons. The number of benzene rings is 1. The summed E-state index contributed by atoms with van der Waals surface area (Å²) in [5, 5.41) is 7.40. The minimum Gasteiger partial charge on any atom is -0.463 e. The fourth-order valence-electron chi connectivity index (χ4n) is 3.66. The molecule has 1 unspecified atom stereocenters. The van der Waals surface area contributed by atoms with E-state index in [9.17, 15) is 13.2 Å². The Bertz CT molecular complexity index is 1130. The molecule has 29 heavy (non-hydrogen) atoms. The first-order valence-electron chi connectivity index (χ1n) is 9.58. The fourth-order valence-corrected chi connectivity index (χ4v) is 5.35. The Labute approximate surface area is 169 Å². The predicted molar refractivity (Wildman–Crippen MR) is 111 cm³/mol. The summed E-state index contributed by atoms with van der Waals surface area (Å²) in [6.07, 6.45) is 2.01. The van der Waals surface area contributed by atoms with Crippen LogP contribution in [0, 0.1) is 0 Å². The number of anilines is 1. The molecule has 1 atom stereocenters. The van der Waals surface area contributed by atoms with Crippen molar-refractivity contribution in [2.24, 2.45) is 0 Å². The first-order valence-corrected chi connectivity index (χ1v) is 11.4. The number of carbonyl (C=O) groups excluding carboxylic acids is 1. The second-order valence-electron chi connectivity index (χ2n) is 7.59. The largest absolute Gasteiger partial charge is 0.463 e. The van der Waals surface area contributed by atoms with Gasteiger partial charge in [0, 0.05) is 11.8 Å². The summed E-state index contributed by atoms with van der Waals surface area (Å²) in [4.78, 5) is 12.9. The maximum Gasteiger partial charge on any atom is 0.276 e. The molecule has 1 aliphatic heterocycles. The molecule has 152 valence electrons. The summed E-state index contributed by atoms with van der Waals surface area (Å²) < 4.78 is 31.0. The number of nitrogens with one attached hydrogen (secondary N) is 1. The van der Waals surface area contributed by atoms with E-state index in [0.717, 1.165) is 11.3 Å². The fraction of sp³-hybridized carbons (Fsp3) is 0.333. The summed E-state index contributed by atoms with van der Waals surface area (Å²) >= 11 is 0. The Morgan fingerprint density at radius 3 is 2.69 bits per heavy atom. The molecule has 0 saturated carbocycles. The first-order chi connectivity index (χ1) is 13.8. The van der Waals surface area contributed by atoms with Gasteiger partial charge in [0.25, 0.3) is 5.91 Å². The molecule has 7 nitrogen and oxygen atoms in total. The number of carbonyl (C=O) groups is 1. The zero-order valence-corrected chi connectivity index (χ0v) is 17.1. The van der Waals surface area contributed by atoms with E-state index in [1.807, 2.05) is 24.3 Å². The van der Waals surface area contributed by atoms with Gasteiger partial charge in [-0.3, -0.25) is 9.48 Å². The molecular weight excluding hydrogens is 390 g/mol. The van der Waals surface area contributed by atoms with Crippen molar-refractivity contribution in [1.82, 2.24) is 9.78 Å². The number of hydrogen-bond acceptors (Lipinski definition) is 5. The van der Waals surface area contributed by atoms with Crippen molar-refractivity contribution in [2.75, 3.05) is 16.8 Å². The summed E-state index contributed by atoms with van der Waals surface area (Å²) in [5.41, 5.74) is 2.59. The number of para-hydroxylation sites is 1. The number of rotatable bonds is 5. The van der Waals surface area contributed by atoms with Crippen LogP contribution in [0.2, 0.25) is 0 Å². The molecule has 1 saturated heterocycles. The van der Waals surface area contributed by atoms with Crippen LogP contribution in [0.1, 0.15) is 48.3 Å². The molecule has 2 aromatic heterocycles. The lowest BCUT2D eigenvalue weighted by Crippen LogP contribution is -2.17. The number of sulfone groups is 1. The molecule has 3 aromatic rings. The van der Waals surface area contributed by atoms with Crippen molar-refractivity contribution in [2.45, 2.75) is 32.2 Å². The minimum absolute atomic E-state index is 0.0135. The van der Waals surface area contributed by atoms with Gasteiger partial charge in [0.15, 0.2) is 21.3 Å². The van der Waals surface area contributed by atoms with Crippen molar-refractivity contribution >= 4 is 21.4 Å². The SMILES string of the molecule is CC(C)c1ccccc1NC(=O)c1cc(-c2ccco2)n(C2CCS(=O)(=O)C2)n1. The van der Waals surface area contributed by atoms with Crippen LogP contribution in [0.4, 0.5) is 5.69 Å². The number of hydrogen-bond donors (Lipinski definition) is 1. The van der Waals surface area contributed by atoms with Gasteiger partial charge >= 0.3 is 0 Å². The molecule has 3 heterocycles. The van der Waals surface area contributed by atoms with Crippen LogP contribution in [0.15, 0.2) is 53.1 Å². The van der Waals surface area contributed by atoms with E-state index in [4.69, 9.17) is 4.42 Å². The normalized spacial score (nSPS) is 18.2. The van der Waals surface area contributed by atoms with Crippen LogP contribution < -0.4 is 5.32 Å². The van der Waals surface area contributed by atoms with E-state index >= 15 is 0 Å². The lowest BCUT2D eigenvalue weighted by atomic mass is 10.0. The lowest BCUT2D eigenvalue weighted by molar-refractivity contribution is 0.102. The van der Waals surface area contributed by atoms with E-state index in [0.29, 0.717) is 17.9 Å². The van der Waals surface area contributed by atoms with Crippen molar-refractivity contribution in [3.8, 4) is 11.5 Å². The van der Waals surface area contributed by atoms with Crippen molar-refractivity contribution in [3.63, 3.8) is 0 Å². The summed E-state index contributed by atoms with van der Waals surface area (Å²) in [7, 11) is -3.10. The number of furan rings is 1. The Morgan fingerprint density at radius 1 is 1.24 bits per heavy atom. The minimum atomic E-state index is -3.10. The average Bonchev–Trinajstić information content (AvgIpc) is 3.40. The smallest absolute Gasteiger partial charge is 0.276 e. The topological polar surface area (TPSA) is 94.2 Å². The van der Waals surface area contributed by atoms with E-state index in [-0.39, 0.29) is 35.1 Å². The Hall–Kier alpha value is -2.87. The van der Waals surface area contributed by atoms with Gasteiger partial charge in [0.05, 0.1) is 23.8 Å². The Morgan fingerprint density at radius 2 is 2.03 bits per heavy atom.